The Kier molecular flexibility index (Phi) is 4.33. The van der Waals surface area contributed by atoms with Crippen LogP contribution in [0.3, 0.4) is 0 Å². The molecule has 0 aliphatic heterocycles. The van der Waals surface area contributed by atoms with Crippen LogP contribution in [0.4, 0.5) is 0 Å². The molecule has 4 heavy (non-hydrogen) atoms. The summed E-state index contributed by atoms with van der Waals surface area (Å²) >= 11 is 2.10. The van der Waals surface area contributed by atoms with Crippen LogP contribution in [0.15, 0.2) is 0 Å². The molecule has 1 nitrogen and oxygen atoms in total. The lowest BCUT2D eigenvalue weighted by molar-refractivity contribution is 1.07. The van der Waals surface area contributed by atoms with Crippen molar-refractivity contribution >= 4 is 22.9 Å². The third-order valence-electron chi connectivity index (χ3n) is 0.134. The molecule has 0 saturated carbocycles. The first-order valence-corrected chi connectivity index (χ1v) is 2.33. The second-order valence-corrected chi connectivity index (χ2v) is 1.25. The third kappa shape index (κ3) is 2.69. The van der Waals surface area contributed by atoms with E-state index >= 15 is 0 Å². The van der Waals surface area contributed by atoms with Gasteiger partial charge in [0, 0.05) is 29.4 Å². The normalized spacial score (nSPS) is 7.50. The minimum Gasteiger partial charge on any atom is -0.261 e. The second-order valence-electron chi connectivity index (χ2n) is 0.487. The Bertz CT molecular complexity index is 8.00. The van der Waals surface area contributed by atoms with Gasteiger partial charge in [-0.15, -0.1) is 0 Å². The van der Waals surface area contributed by atoms with Crippen LogP contribution < -0.4 is 3.53 Å². The molecular formula is C2H6IN. The average Bonchev–Trinajstić information content (AvgIpc) is 1.37. The van der Waals surface area contributed by atoms with Crippen LogP contribution in [0.2, 0.25) is 0 Å². The second kappa shape index (κ2) is 3.69. The molecule has 0 unspecified atom stereocenters. The van der Waals surface area contributed by atoms with E-state index in [9.17, 15) is 0 Å². The summed E-state index contributed by atoms with van der Waals surface area (Å²) in [6.45, 7) is 3.12. The number of rotatable bonds is 1. The number of hydrogen-bond acceptors (Lipinski definition) is 1. The Hall–Kier alpha value is 0.690. The minimum atomic E-state index is 1.06. The van der Waals surface area contributed by atoms with Gasteiger partial charge in [-0.2, -0.15) is 0 Å². The topological polar surface area (TPSA) is 12.0 Å². The summed E-state index contributed by atoms with van der Waals surface area (Å²) in [5.74, 6) is 0. The maximum Gasteiger partial charge on any atom is 0.0169 e. The fourth-order valence-corrected chi connectivity index (χ4v) is 0. The van der Waals surface area contributed by atoms with Crippen molar-refractivity contribution in [3.8, 4) is 0 Å². The molecule has 0 aliphatic rings. The number of halogens is 1. The van der Waals surface area contributed by atoms with Crippen molar-refractivity contribution in [2.45, 2.75) is 6.92 Å². The summed E-state index contributed by atoms with van der Waals surface area (Å²) in [7, 11) is 0. The summed E-state index contributed by atoms with van der Waals surface area (Å²) in [4.78, 5) is 0. The number of nitrogens with one attached hydrogen (secondary N) is 1. The van der Waals surface area contributed by atoms with E-state index in [1.165, 1.54) is 0 Å². The fraction of sp³-hybridized carbons (Fsp3) is 1.00. The lowest BCUT2D eigenvalue weighted by Crippen LogP contribution is -1.90. The molecule has 0 spiro atoms. The van der Waals surface area contributed by atoms with Crippen molar-refractivity contribution in [2.24, 2.45) is 0 Å². The lowest BCUT2D eigenvalue weighted by Gasteiger charge is -1.72. The van der Waals surface area contributed by atoms with Crippen molar-refractivity contribution in [1.82, 2.24) is 3.53 Å². The molecule has 0 amide bonds. The van der Waals surface area contributed by atoms with Crippen molar-refractivity contribution in [2.75, 3.05) is 6.54 Å². The van der Waals surface area contributed by atoms with Gasteiger partial charge in [0.25, 0.3) is 0 Å². The van der Waals surface area contributed by atoms with Gasteiger partial charge in [-0.1, -0.05) is 6.92 Å². The SMILES string of the molecule is CCNI. The standard InChI is InChI=1S/C2H6IN/c1-2-4-3/h4H,2H2,1H3. The highest BCUT2D eigenvalue weighted by molar-refractivity contribution is 14.1. The molecular weight excluding hydrogens is 165 g/mol. The predicted molar refractivity (Wildman–Crippen MR) is 27.7 cm³/mol. The summed E-state index contributed by atoms with van der Waals surface area (Å²) in [5, 5.41) is 0. The van der Waals surface area contributed by atoms with E-state index in [-0.39, 0.29) is 0 Å². The highest BCUT2D eigenvalue weighted by atomic mass is 127. The van der Waals surface area contributed by atoms with Gasteiger partial charge in [0.2, 0.25) is 0 Å². The zero-order valence-electron chi connectivity index (χ0n) is 2.59. The predicted octanol–water partition coefficient (Wildman–Crippen LogP) is 0.946. The number of hydrogen-bond donors (Lipinski definition) is 1. The highest BCUT2D eigenvalue weighted by Crippen LogP contribution is 1.60. The van der Waals surface area contributed by atoms with E-state index in [1.807, 2.05) is 0 Å². The molecule has 26 valence electrons. The largest absolute Gasteiger partial charge is 0.261 e. The highest BCUT2D eigenvalue weighted by Gasteiger charge is 1.53. The van der Waals surface area contributed by atoms with E-state index < -0.39 is 0 Å². The van der Waals surface area contributed by atoms with Gasteiger partial charge in [-0.25, -0.2) is 0 Å². The molecule has 0 aromatic heterocycles. The van der Waals surface area contributed by atoms with Crippen molar-refractivity contribution in [1.29, 1.82) is 0 Å². The Balaban J connectivity index is 1.97. The smallest absolute Gasteiger partial charge is 0.0169 e. The quantitative estimate of drug-likeness (QED) is 0.457. The van der Waals surface area contributed by atoms with Gasteiger partial charge in [0.15, 0.2) is 0 Å². The molecule has 0 aromatic rings. The molecule has 2 heteroatoms. The Morgan fingerprint density at radius 2 is 2.25 bits per heavy atom. The van der Waals surface area contributed by atoms with E-state index in [2.05, 4.69) is 33.3 Å². The molecule has 0 heterocycles. The molecule has 0 atom stereocenters. The molecule has 0 aliphatic carbocycles. The molecule has 0 bridgehead atoms. The zero-order valence-corrected chi connectivity index (χ0v) is 4.74. The van der Waals surface area contributed by atoms with Crippen LogP contribution in [0, 0.1) is 0 Å². The molecule has 0 aromatic carbocycles. The van der Waals surface area contributed by atoms with Gasteiger partial charge in [-0.05, 0) is 0 Å². The first-order chi connectivity index (χ1) is 1.91. The third-order valence-corrected chi connectivity index (χ3v) is 0.896. The van der Waals surface area contributed by atoms with E-state index in [4.69, 9.17) is 0 Å². The Morgan fingerprint density at radius 1 is 2.00 bits per heavy atom. The van der Waals surface area contributed by atoms with Crippen molar-refractivity contribution in [3.05, 3.63) is 0 Å². The Morgan fingerprint density at radius 3 is 2.25 bits per heavy atom. The molecule has 0 fully saturated rings. The van der Waals surface area contributed by atoms with Crippen LogP contribution in [-0.2, 0) is 0 Å². The summed E-state index contributed by atoms with van der Waals surface area (Å²) in [6, 6.07) is 0. The van der Waals surface area contributed by atoms with Crippen LogP contribution in [0.25, 0.3) is 0 Å². The maximum absolute atomic E-state index is 2.90. The van der Waals surface area contributed by atoms with Crippen molar-refractivity contribution in [3.63, 3.8) is 0 Å². The van der Waals surface area contributed by atoms with Gasteiger partial charge < -0.3 is 0 Å². The van der Waals surface area contributed by atoms with E-state index in [0.29, 0.717) is 0 Å². The minimum absolute atomic E-state index is 1.06. The maximum atomic E-state index is 2.90. The summed E-state index contributed by atoms with van der Waals surface area (Å²) in [6.07, 6.45) is 0. The Labute approximate surface area is 40.3 Å². The first kappa shape index (κ1) is 4.69. The molecule has 1 N–H and O–H groups in total. The van der Waals surface area contributed by atoms with Gasteiger partial charge in [0.05, 0.1) is 0 Å². The molecule has 0 radical (unpaired) electrons. The van der Waals surface area contributed by atoms with E-state index in [0.717, 1.165) is 6.54 Å². The zero-order chi connectivity index (χ0) is 3.41. The monoisotopic (exact) mass is 171 g/mol. The van der Waals surface area contributed by atoms with Gasteiger partial charge in [-0.3, -0.25) is 3.53 Å². The van der Waals surface area contributed by atoms with E-state index in [1.54, 1.807) is 0 Å². The summed E-state index contributed by atoms with van der Waals surface area (Å²) < 4.78 is 2.90. The molecule has 0 saturated heterocycles. The van der Waals surface area contributed by atoms with Crippen molar-refractivity contribution < 1.29 is 0 Å². The van der Waals surface area contributed by atoms with Gasteiger partial charge in [0.1, 0.15) is 0 Å². The van der Waals surface area contributed by atoms with Crippen LogP contribution in [-0.4, -0.2) is 6.54 Å². The molecule has 0 rings (SSSR count). The lowest BCUT2D eigenvalue weighted by atomic mass is 10.8. The first-order valence-electron chi connectivity index (χ1n) is 1.25. The van der Waals surface area contributed by atoms with Gasteiger partial charge >= 0.3 is 0 Å². The van der Waals surface area contributed by atoms with Crippen LogP contribution in [0.5, 0.6) is 0 Å². The fourth-order valence-electron chi connectivity index (χ4n) is 0. The average molecular weight is 171 g/mol. The van der Waals surface area contributed by atoms with Crippen LogP contribution in [0.1, 0.15) is 6.92 Å². The van der Waals surface area contributed by atoms with Crippen LogP contribution >= 0.6 is 22.9 Å². The summed E-state index contributed by atoms with van der Waals surface area (Å²) in [5.41, 5.74) is 0.